The normalized spacial score (nSPS) is 12.4. The van der Waals surface area contributed by atoms with Crippen molar-refractivity contribution in [2.24, 2.45) is 0 Å². The highest BCUT2D eigenvalue weighted by molar-refractivity contribution is 5.47. The largest absolute Gasteiger partial charge is 0.467 e. The summed E-state index contributed by atoms with van der Waals surface area (Å²) in [6.45, 7) is 1.52. The first-order valence-electron chi connectivity index (χ1n) is 5.49. The lowest BCUT2D eigenvalue weighted by Gasteiger charge is -2.12. The summed E-state index contributed by atoms with van der Waals surface area (Å²) in [7, 11) is 0. The Hall–Kier alpha value is -1.88. The van der Waals surface area contributed by atoms with Crippen molar-refractivity contribution in [3.05, 3.63) is 53.5 Å². The SMILES string of the molecule is Cc1cc(F)c(NCC(O)c2ccco2)cc1F. The molecule has 96 valence electrons. The second kappa shape index (κ2) is 5.18. The van der Waals surface area contributed by atoms with E-state index in [0.29, 0.717) is 5.76 Å². The van der Waals surface area contributed by atoms with Crippen LogP contribution in [0.5, 0.6) is 0 Å². The van der Waals surface area contributed by atoms with Gasteiger partial charge in [0, 0.05) is 12.6 Å². The fourth-order valence-corrected chi connectivity index (χ4v) is 1.57. The Labute approximate surface area is 103 Å². The third kappa shape index (κ3) is 2.68. The first kappa shape index (κ1) is 12.6. The molecule has 2 N–H and O–H groups in total. The van der Waals surface area contributed by atoms with Gasteiger partial charge in [0.25, 0.3) is 0 Å². The van der Waals surface area contributed by atoms with Crippen LogP contribution in [0.4, 0.5) is 14.5 Å². The van der Waals surface area contributed by atoms with Crippen molar-refractivity contribution in [2.75, 3.05) is 11.9 Å². The Balaban J connectivity index is 2.04. The van der Waals surface area contributed by atoms with Crippen molar-refractivity contribution < 1.29 is 18.3 Å². The van der Waals surface area contributed by atoms with E-state index in [9.17, 15) is 13.9 Å². The number of aliphatic hydroxyl groups excluding tert-OH is 1. The second-order valence-electron chi connectivity index (χ2n) is 3.99. The van der Waals surface area contributed by atoms with Crippen LogP contribution in [0.1, 0.15) is 17.4 Å². The maximum Gasteiger partial charge on any atom is 0.146 e. The molecule has 0 spiro atoms. The number of furan rings is 1. The van der Waals surface area contributed by atoms with E-state index in [0.717, 1.165) is 12.1 Å². The van der Waals surface area contributed by atoms with Crippen LogP contribution in [0, 0.1) is 18.6 Å². The Bertz CT molecular complexity index is 526. The molecule has 1 aromatic heterocycles. The zero-order valence-electron chi connectivity index (χ0n) is 9.78. The van der Waals surface area contributed by atoms with E-state index in [1.165, 1.54) is 13.2 Å². The molecule has 1 unspecified atom stereocenters. The van der Waals surface area contributed by atoms with Crippen LogP contribution < -0.4 is 5.32 Å². The number of anilines is 1. The number of benzene rings is 1. The monoisotopic (exact) mass is 253 g/mol. The maximum absolute atomic E-state index is 13.5. The molecule has 1 aromatic carbocycles. The van der Waals surface area contributed by atoms with Crippen LogP contribution in [0.3, 0.4) is 0 Å². The average Bonchev–Trinajstić information content (AvgIpc) is 2.85. The van der Waals surface area contributed by atoms with Gasteiger partial charge in [-0.25, -0.2) is 8.78 Å². The number of halogens is 2. The summed E-state index contributed by atoms with van der Waals surface area (Å²) in [5.74, 6) is -0.678. The van der Waals surface area contributed by atoms with Gasteiger partial charge in [0.05, 0.1) is 12.0 Å². The number of aliphatic hydroxyl groups is 1. The van der Waals surface area contributed by atoms with Gasteiger partial charge in [0.1, 0.15) is 23.5 Å². The van der Waals surface area contributed by atoms with Gasteiger partial charge in [-0.2, -0.15) is 0 Å². The lowest BCUT2D eigenvalue weighted by Crippen LogP contribution is -2.12. The maximum atomic E-state index is 13.5. The van der Waals surface area contributed by atoms with Crippen LogP contribution in [-0.2, 0) is 0 Å². The fraction of sp³-hybridized carbons (Fsp3) is 0.231. The summed E-state index contributed by atoms with van der Waals surface area (Å²) < 4.78 is 31.8. The molecule has 0 aliphatic carbocycles. The summed E-state index contributed by atoms with van der Waals surface area (Å²) in [4.78, 5) is 0. The number of nitrogens with one attached hydrogen (secondary N) is 1. The molecule has 0 fully saturated rings. The summed E-state index contributed by atoms with van der Waals surface area (Å²) >= 11 is 0. The number of rotatable bonds is 4. The molecule has 5 heteroatoms. The van der Waals surface area contributed by atoms with E-state index in [4.69, 9.17) is 4.42 Å². The summed E-state index contributed by atoms with van der Waals surface area (Å²) in [5.41, 5.74) is 0.258. The molecule has 0 saturated heterocycles. The van der Waals surface area contributed by atoms with Crippen molar-refractivity contribution in [2.45, 2.75) is 13.0 Å². The minimum Gasteiger partial charge on any atom is -0.467 e. The van der Waals surface area contributed by atoms with Gasteiger partial charge in [-0.1, -0.05) is 0 Å². The molecule has 1 atom stereocenters. The zero-order valence-corrected chi connectivity index (χ0v) is 9.78. The van der Waals surface area contributed by atoms with Gasteiger partial charge in [-0.15, -0.1) is 0 Å². The highest BCUT2D eigenvalue weighted by Gasteiger charge is 2.12. The quantitative estimate of drug-likeness (QED) is 0.880. The Morgan fingerprint density at radius 2 is 2.11 bits per heavy atom. The third-order valence-corrected chi connectivity index (χ3v) is 2.61. The van der Waals surface area contributed by atoms with Crippen molar-refractivity contribution in [1.29, 1.82) is 0 Å². The van der Waals surface area contributed by atoms with Crippen LogP contribution in [0.25, 0.3) is 0 Å². The van der Waals surface area contributed by atoms with Crippen LogP contribution >= 0.6 is 0 Å². The minimum absolute atomic E-state index is 0.0173. The van der Waals surface area contributed by atoms with E-state index in [1.54, 1.807) is 12.1 Å². The van der Waals surface area contributed by atoms with Gasteiger partial charge < -0.3 is 14.8 Å². The number of aryl methyl sites for hydroxylation is 1. The molecular weight excluding hydrogens is 240 g/mol. The Morgan fingerprint density at radius 3 is 2.78 bits per heavy atom. The molecule has 0 amide bonds. The molecule has 0 radical (unpaired) electrons. The van der Waals surface area contributed by atoms with Crippen LogP contribution in [-0.4, -0.2) is 11.7 Å². The Kier molecular flexibility index (Phi) is 3.62. The lowest BCUT2D eigenvalue weighted by atomic mass is 10.2. The van der Waals surface area contributed by atoms with Gasteiger partial charge in [-0.05, 0) is 30.7 Å². The average molecular weight is 253 g/mol. The fourth-order valence-electron chi connectivity index (χ4n) is 1.57. The minimum atomic E-state index is -0.913. The molecule has 0 saturated carbocycles. The molecule has 0 aliphatic heterocycles. The highest BCUT2D eigenvalue weighted by atomic mass is 19.1. The topological polar surface area (TPSA) is 45.4 Å². The van der Waals surface area contributed by atoms with Crippen molar-refractivity contribution in [3.63, 3.8) is 0 Å². The Morgan fingerprint density at radius 1 is 1.33 bits per heavy atom. The molecule has 2 aromatic rings. The van der Waals surface area contributed by atoms with Gasteiger partial charge in [-0.3, -0.25) is 0 Å². The molecule has 18 heavy (non-hydrogen) atoms. The van der Waals surface area contributed by atoms with Crippen LogP contribution in [0.2, 0.25) is 0 Å². The predicted molar refractivity (Wildman–Crippen MR) is 63.3 cm³/mol. The molecule has 0 bridgehead atoms. The first-order valence-corrected chi connectivity index (χ1v) is 5.49. The second-order valence-corrected chi connectivity index (χ2v) is 3.99. The summed E-state index contributed by atoms with van der Waals surface area (Å²) in [6.07, 6.45) is 0.522. The lowest BCUT2D eigenvalue weighted by molar-refractivity contribution is 0.162. The summed E-state index contributed by atoms with van der Waals surface area (Å²) in [5, 5.41) is 12.4. The van der Waals surface area contributed by atoms with Gasteiger partial charge >= 0.3 is 0 Å². The van der Waals surface area contributed by atoms with Crippen molar-refractivity contribution >= 4 is 5.69 Å². The van der Waals surface area contributed by atoms with Gasteiger partial charge in [0.15, 0.2) is 0 Å². The van der Waals surface area contributed by atoms with E-state index >= 15 is 0 Å². The third-order valence-electron chi connectivity index (χ3n) is 2.61. The number of hydrogen-bond donors (Lipinski definition) is 2. The molecule has 3 nitrogen and oxygen atoms in total. The zero-order chi connectivity index (χ0) is 13.1. The van der Waals surface area contributed by atoms with E-state index < -0.39 is 17.7 Å². The molecular formula is C13H13F2NO2. The smallest absolute Gasteiger partial charge is 0.146 e. The van der Waals surface area contributed by atoms with E-state index in [-0.39, 0.29) is 17.8 Å². The van der Waals surface area contributed by atoms with E-state index in [1.807, 2.05) is 0 Å². The highest BCUT2D eigenvalue weighted by Crippen LogP contribution is 2.20. The van der Waals surface area contributed by atoms with Crippen LogP contribution in [0.15, 0.2) is 34.9 Å². The van der Waals surface area contributed by atoms with E-state index in [2.05, 4.69) is 5.32 Å². The number of hydrogen-bond acceptors (Lipinski definition) is 3. The predicted octanol–water partition coefficient (Wildman–Crippen LogP) is 3.01. The van der Waals surface area contributed by atoms with Crippen molar-refractivity contribution in [3.8, 4) is 0 Å². The molecule has 2 rings (SSSR count). The standard InChI is InChI=1S/C13H13F2NO2/c1-8-5-10(15)11(6-9(8)14)16-7-12(17)13-3-2-4-18-13/h2-6,12,16-17H,7H2,1H3. The first-order chi connectivity index (χ1) is 8.58. The molecule has 1 heterocycles. The summed E-state index contributed by atoms with van der Waals surface area (Å²) in [6, 6.07) is 5.43. The van der Waals surface area contributed by atoms with Gasteiger partial charge in [0.2, 0.25) is 0 Å². The van der Waals surface area contributed by atoms with Crippen molar-refractivity contribution in [1.82, 2.24) is 0 Å². The molecule has 0 aliphatic rings.